The van der Waals surface area contributed by atoms with E-state index in [2.05, 4.69) is 5.32 Å². The van der Waals surface area contributed by atoms with Crippen molar-refractivity contribution in [2.45, 2.75) is 50.5 Å². The number of ether oxygens (including phenoxy) is 2. The standard InChI is InChI=1S/C11H23NO5/c1-3-4-5-16-11-10(15)9(14)8(13)7(17-11)6-12-2/h7-15H,3-6H2,1-2H3/t7-,8-,9+,10-,11+/m1/s1. The van der Waals surface area contributed by atoms with Crippen LogP contribution in [0.4, 0.5) is 0 Å². The molecule has 0 bridgehead atoms. The molecule has 0 aromatic heterocycles. The first-order chi connectivity index (χ1) is 8.11. The van der Waals surface area contributed by atoms with Crippen LogP contribution in [0.25, 0.3) is 0 Å². The molecule has 102 valence electrons. The van der Waals surface area contributed by atoms with Crippen molar-refractivity contribution in [1.29, 1.82) is 0 Å². The van der Waals surface area contributed by atoms with Gasteiger partial charge in [-0.15, -0.1) is 0 Å². The highest BCUT2D eigenvalue weighted by atomic mass is 16.7. The van der Waals surface area contributed by atoms with Crippen LogP contribution in [0, 0.1) is 0 Å². The lowest BCUT2D eigenvalue weighted by Gasteiger charge is -2.40. The van der Waals surface area contributed by atoms with Crippen LogP contribution in [0.3, 0.4) is 0 Å². The first-order valence-corrected chi connectivity index (χ1v) is 6.07. The molecular formula is C11H23NO5. The van der Waals surface area contributed by atoms with Gasteiger partial charge in [-0.2, -0.15) is 0 Å². The molecule has 0 aromatic carbocycles. The summed E-state index contributed by atoms with van der Waals surface area (Å²) in [5, 5.41) is 32.0. The summed E-state index contributed by atoms with van der Waals surface area (Å²) in [6, 6.07) is 0. The summed E-state index contributed by atoms with van der Waals surface area (Å²) in [6.45, 7) is 2.88. The predicted octanol–water partition coefficient (Wildman–Crippen LogP) is -1.17. The van der Waals surface area contributed by atoms with E-state index in [0.717, 1.165) is 12.8 Å². The van der Waals surface area contributed by atoms with E-state index in [4.69, 9.17) is 9.47 Å². The van der Waals surface area contributed by atoms with Crippen molar-refractivity contribution < 1.29 is 24.8 Å². The van der Waals surface area contributed by atoms with Gasteiger partial charge in [-0.1, -0.05) is 13.3 Å². The highest BCUT2D eigenvalue weighted by Gasteiger charge is 2.43. The lowest BCUT2D eigenvalue weighted by atomic mass is 9.99. The Balaban J connectivity index is 2.51. The van der Waals surface area contributed by atoms with Crippen molar-refractivity contribution in [3.8, 4) is 0 Å². The van der Waals surface area contributed by atoms with Gasteiger partial charge in [-0.3, -0.25) is 0 Å². The van der Waals surface area contributed by atoms with Crippen molar-refractivity contribution >= 4 is 0 Å². The molecule has 1 aliphatic heterocycles. The molecule has 1 saturated heterocycles. The minimum absolute atomic E-state index is 0.387. The molecule has 0 aromatic rings. The number of aliphatic hydroxyl groups is 3. The van der Waals surface area contributed by atoms with Crippen LogP contribution >= 0.6 is 0 Å². The summed E-state index contributed by atoms with van der Waals surface area (Å²) < 4.78 is 10.8. The van der Waals surface area contributed by atoms with Crippen molar-refractivity contribution in [1.82, 2.24) is 5.32 Å². The van der Waals surface area contributed by atoms with Crippen molar-refractivity contribution in [2.75, 3.05) is 20.2 Å². The van der Waals surface area contributed by atoms with Gasteiger partial charge in [-0.05, 0) is 13.5 Å². The second-order valence-electron chi connectivity index (χ2n) is 4.30. The Morgan fingerprint density at radius 2 is 1.88 bits per heavy atom. The zero-order chi connectivity index (χ0) is 12.8. The zero-order valence-corrected chi connectivity index (χ0v) is 10.4. The van der Waals surface area contributed by atoms with E-state index in [0.29, 0.717) is 13.2 Å². The third-order valence-electron chi connectivity index (χ3n) is 2.85. The van der Waals surface area contributed by atoms with Crippen molar-refractivity contribution in [3.63, 3.8) is 0 Å². The molecule has 17 heavy (non-hydrogen) atoms. The third-order valence-corrected chi connectivity index (χ3v) is 2.85. The molecule has 4 N–H and O–H groups in total. The third kappa shape index (κ3) is 3.87. The van der Waals surface area contributed by atoms with Crippen LogP contribution < -0.4 is 5.32 Å². The average Bonchev–Trinajstić information content (AvgIpc) is 2.32. The Morgan fingerprint density at radius 3 is 2.47 bits per heavy atom. The molecule has 0 radical (unpaired) electrons. The van der Waals surface area contributed by atoms with Gasteiger partial charge in [0.1, 0.15) is 24.4 Å². The minimum atomic E-state index is -1.24. The van der Waals surface area contributed by atoms with Gasteiger partial charge < -0.3 is 30.1 Å². The summed E-state index contributed by atoms with van der Waals surface area (Å²) in [5.41, 5.74) is 0. The van der Waals surface area contributed by atoms with Crippen LogP contribution in [0.15, 0.2) is 0 Å². The number of hydrogen-bond donors (Lipinski definition) is 4. The number of unbranched alkanes of at least 4 members (excludes halogenated alkanes) is 1. The fourth-order valence-corrected chi connectivity index (χ4v) is 1.77. The molecule has 6 heteroatoms. The Bertz CT molecular complexity index is 216. The summed E-state index contributed by atoms with van der Waals surface area (Å²) in [7, 11) is 1.72. The number of aliphatic hydroxyl groups excluding tert-OH is 3. The number of hydrogen-bond acceptors (Lipinski definition) is 6. The molecule has 1 fully saturated rings. The molecule has 0 aliphatic carbocycles. The Hall–Kier alpha value is -0.240. The molecular weight excluding hydrogens is 226 g/mol. The summed E-state index contributed by atoms with van der Waals surface area (Å²) in [6.07, 6.45) is -3.17. The lowest BCUT2D eigenvalue weighted by molar-refractivity contribution is -0.295. The molecule has 0 unspecified atom stereocenters. The SMILES string of the molecule is CCCCO[C@H]1O[C@H](CNC)[C@@H](O)[C@H](O)[C@H]1O. The van der Waals surface area contributed by atoms with E-state index in [9.17, 15) is 15.3 Å². The van der Waals surface area contributed by atoms with Crippen LogP contribution in [0.2, 0.25) is 0 Å². The molecule has 6 nitrogen and oxygen atoms in total. The average molecular weight is 249 g/mol. The summed E-state index contributed by atoms with van der Waals surface area (Å²) in [5.74, 6) is 0. The van der Waals surface area contributed by atoms with Gasteiger partial charge in [0.15, 0.2) is 6.29 Å². The van der Waals surface area contributed by atoms with Gasteiger partial charge in [-0.25, -0.2) is 0 Å². The second kappa shape index (κ2) is 7.25. The first-order valence-electron chi connectivity index (χ1n) is 6.07. The molecule has 1 rings (SSSR count). The number of nitrogens with one attached hydrogen (secondary N) is 1. The normalized spacial score (nSPS) is 38.3. The Morgan fingerprint density at radius 1 is 1.18 bits per heavy atom. The largest absolute Gasteiger partial charge is 0.388 e. The Labute approximate surface area is 102 Å². The molecule has 1 heterocycles. The van der Waals surface area contributed by atoms with Crippen molar-refractivity contribution in [3.05, 3.63) is 0 Å². The monoisotopic (exact) mass is 249 g/mol. The highest BCUT2D eigenvalue weighted by molar-refractivity contribution is 4.89. The van der Waals surface area contributed by atoms with Crippen LogP contribution in [0.1, 0.15) is 19.8 Å². The second-order valence-corrected chi connectivity index (χ2v) is 4.30. The van der Waals surface area contributed by atoms with E-state index >= 15 is 0 Å². The van der Waals surface area contributed by atoms with Crippen LogP contribution in [-0.4, -0.2) is 66.2 Å². The Kier molecular flexibility index (Phi) is 6.32. The van der Waals surface area contributed by atoms with E-state index in [1.165, 1.54) is 0 Å². The zero-order valence-electron chi connectivity index (χ0n) is 10.4. The maximum Gasteiger partial charge on any atom is 0.186 e. The predicted molar refractivity (Wildman–Crippen MR) is 61.5 cm³/mol. The van der Waals surface area contributed by atoms with Gasteiger partial charge >= 0.3 is 0 Å². The smallest absolute Gasteiger partial charge is 0.186 e. The number of rotatable bonds is 6. The molecule has 0 amide bonds. The van der Waals surface area contributed by atoms with Crippen molar-refractivity contribution in [2.24, 2.45) is 0 Å². The summed E-state index contributed by atoms with van der Waals surface area (Å²) in [4.78, 5) is 0. The molecule has 0 saturated carbocycles. The fourth-order valence-electron chi connectivity index (χ4n) is 1.77. The fraction of sp³-hybridized carbons (Fsp3) is 1.00. The van der Waals surface area contributed by atoms with Gasteiger partial charge in [0.25, 0.3) is 0 Å². The van der Waals surface area contributed by atoms with Gasteiger partial charge in [0.05, 0.1) is 0 Å². The van der Waals surface area contributed by atoms with E-state index < -0.39 is 30.7 Å². The summed E-state index contributed by atoms with van der Waals surface area (Å²) >= 11 is 0. The van der Waals surface area contributed by atoms with E-state index in [-0.39, 0.29) is 0 Å². The molecule has 5 atom stereocenters. The molecule has 1 aliphatic rings. The van der Waals surface area contributed by atoms with Crippen LogP contribution in [-0.2, 0) is 9.47 Å². The van der Waals surface area contributed by atoms with E-state index in [1.54, 1.807) is 7.05 Å². The molecule has 0 spiro atoms. The van der Waals surface area contributed by atoms with Crippen LogP contribution in [0.5, 0.6) is 0 Å². The lowest BCUT2D eigenvalue weighted by Crippen LogP contribution is -2.60. The maximum absolute atomic E-state index is 9.71. The maximum atomic E-state index is 9.71. The minimum Gasteiger partial charge on any atom is -0.388 e. The topological polar surface area (TPSA) is 91.2 Å². The van der Waals surface area contributed by atoms with Gasteiger partial charge in [0, 0.05) is 13.2 Å². The van der Waals surface area contributed by atoms with E-state index in [1.807, 2.05) is 6.92 Å². The highest BCUT2D eigenvalue weighted by Crippen LogP contribution is 2.21. The first kappa shape index (κ1) is 14.8. The number of likely N-dealkylation sites (N-methyl/N-ethyl adjacent to an activating group) is 1. The van der Waals surface area contributed by atoms with Gasteiger partial charge in [0.2, 0.25) is 0 Å². The quantitative estimate of drug-likeness (QED) is 0.443.